The molecule has 4 nitrogen and oxygen atoms in total. The fourth-order valence-electron chi connectivity index (χ4n) is 2.21. The van der Waals surface area contributed by atoms with Crippen LogP contribution in [0.15, 0.2) is 4.99 Å². The summed E-state index contributed by atoms with van der Waals surface area (Å²) >= 11 is 0. The van der Waals surface area contributed by atoms with Crippen LogP contribution in [0.1, 0.15) is 20.8 Å². The summed E-state index contributed by atoms with van der Waals surface area (Å²) in [6, 6.07) is 0. The van der Waals surface area contributed by atoms with Gasteiger partial charge in [0, 0.05) is 38.3 Å². The summed E-state index contributed by atoms with van der Waals surface area (Å²) < 4.78 is 0. The van der Waals surface area contributed by atoms with Crippen LogP contribution in [0.5, 0.6) is 0 Å². The Hall–Kier alpha value is -0.770. The molecule has 0 saturated carbocycles. The maximum atomic E-state index is 4.65. The average Bonchev–Trinajstić information content (AvgIpc) is 2.67. The van der Waals surface area contributed by atoms with E-state index in [-0.39, 0.29) is 5.54 Å². The standard InChI is InChI=1S/C11H22N4/c1-11(2,3)15-9-6-13-10(15)14-7-4-12-5-8-14/h12H,4-9H2,1-3H3. The third-order valence-electron chi connectivity index (χ3n) is 3.03. The molecule has 0 atom stereocenters. The molecular weight excluding hydrogens is 188 g/mol. The van der Waals surface area contributed by atoms with E-state index in [1.54, 1.807) is 0 Å². The predicted octanol–water partition coefficient (Wildman–Crippen LogP) is 0.362. The van der Waals surface area contributed by atoms with Gasteiger partial charge < -0.3 is 15.1 Å². The highest BCUT2D eigenvalue weighted by atomic mass is 15.4. The Morgan fingerprint density at radius 1 is 1.13 bits per heavy atom. The van der Waals surface area contributed by atoms with Crippen LogP contribution < -0.4 is 5.32 Å². The van der Waals surface area contributed by atoms with Crippen LogP contribution in [0.3, 0.4) is 0 Å². The fourth-order valence-corrected chi connectivity index (χ4v) is 2.21. The van der Waals surface area contributed by atoms with E-state index in [1.807, 2.05) is 0 Å². The normalized spacial score (nSPS) is 23.3. The van der Waals surface area contributed by atoms with Crippen molar-refractivity contribution in [2.75, 3.05) is 39.3 Å². The lowest BCUT2D eigenvalue weighted by molar-refractivity contribution is 0.214. The molecule has 2 aliphatic heterocycles. The van der Waals surface area contributed by atoms with Crippen molar-refractivity contribution in [3.8, 4) is 0 Å². The minimum atomic E-state index is 0.195. The smallest absolute Gasteiger partial charge is 0.197 e. The van der Waals surface area contributed by atoms with E-state index in [0.29, 0.717) is 0 Å². The van der Waals surface area contributed by atoms with E-state index < -0.39 is 0 Å². The molecule has 2 aliphatic rings. The Balaban J connectivity index is 2.06. The number of nitrogens with one attached hydrogen (secondary N) is 1. The number of nitrogens with zero attached hydrogens (tertiary/aromatic N) is 3. The van der Waals surface area contributed by atoms with Crippen molar-refractivity contribution < 1.29 is 0 Å². The van der Waals surface area contributed by atoms with Crippen molar-refractivity contribution >= 4 is 5.96 Å². The number of aliphatic imine (C=N–C) groups is 1. The first-order chi connectivity index (χ1) is 7.09. The van der Waals surface area contributed by atoms with Crippen molar-refractivity contribution in [2.24, 2.45) is 4.99 Å². The molecule has 0 aromatic carbocycles. The van der Waals surface area contributed by atoms with Gasteiger partial charge in [0.2, 0.25) is 0 Å². The first kappa shape index (κ1) is 10.7. The van der Waals surface area contributed by atoms with Gasteiger partial charge in [-0.25, -0.2) is 0 Å². The Morgan fingerprint density at radius 3 is 2.40 bits per heavy atom. The van der Waals surface area contributed by atoms with Crippen molar-refractivity contribution in [3.63, 3.8) is 0 Å². The molecule has 86 valence electrons. The highest BCUT2D eigenvalue weighted by Crippen LogP contribution is 2.19. The molecule has 0 aromatic heterocycles. The van der Waals surface area contributed by atoms with E-state index in [9.17, 15) is 0 Å². The molecule has 0 unspecified atom stereocenters. The molecule has 0 aromatic rings. The zero-order valence-corrected chi connectivity index (χ0v) is 10.1. The van der Waals surface area contributed by atoms with Gasteiger partial charge >= 0.3 is 0 Å². The molecule has 2 rings (SSSR count). The van der Waals surface area contributed by atoms with Gasteiger partial charge in [0.15, 0.2) is 5.96 Å². The third kappa shape index (κ3) is 2.25. The summed E-state index contributed by atoms with van der Waals surface area (Å²) in [5.74, 6) is 1.21. The monoisotopic (exact) mass is 210 g/mol. The maximum absolute atomic E-state index is 4.65. The summed E-state index contributed by atoms with van der Waals surface area (Å²) in [6.07, 6.45) is 0. The second-order valence-corrected chi connectivity index (χ2v) is 5.24. The molecule has 0 bridgehead atoms. The Morgan fingerprint density at radius 2 is 1.80 bits per heavy atom. The van der Waals surface area contributed by atoms with Crippen LogP contribution in [-0.4, -0.2) is 60.6 Å². The van der Waals surface area contributed by atoms with Gasteiger partial charge in [-0.3, -0.25) is 4.99 Å². The number of rotatable bonds is 0. The molecule has 0 radical (unpaired) electrons. The van der Waals surface area contributed by atoms with Gasteiger partial charge in [-0.1, -0.05) is 0 Å². The van der Waals surface area contributed by atoms with Crippen molar-refractivity contribution in [2.45, 2.75) is 26.3 Å². The predicted molar refractivity (Wildman–Crippen MR) is 63.2 cm³/mol. The zero-order chi connectivity index (χ0) is 10.9. The minimum absolute atomic E-state index is 0.195. The zero-order valence-electron chi connectivity index (χ0n) is 10.1. The maximum Gasteiger partial charge on any atom is 0.197 e. The molecular formula is C11H22N4. The molecule has 0 spiro atoms. The Kier molecular flexibility index (Phi) is 2.87. The first-order valence-corrected chi connectivity index (χ1v) is 5.87. The van der Waals surface area contributed by atoms with Gasteiger partial charge in [0.05, 0.1) is 6.54 Å². The van der Waals surface area contributed by atoms with Crippen molar-refractivity contribution in [1.82, 2.24) is 15.1 Å². The Labute approximate surface area is 92.3 Å². The van der Waals surface area contributed by atoms with Crippen molar-refractivity contribution in [1.29, 1.82) is 0 Å². The summed E-state index contributed by atoms with van der Waals surface area (Å²) in [5, 5.41) is 3.38. The van der Waals surface area contributed by atoms with E-state index in [0.717, 1.165) is 39.3 Å². The highest BCUT2D eigenvalue weighted by molar-refractivity contribution is 5.82. The first-order valence-electron chi connectivity index (χ1n) is 5.87. The molecule has 2 heterocycles. The molecule has 1 saturated heterocycles. The number of piperazine rings is 1. The summed E-state index contributed by atoms with van der Waals surface area (Å²) in [7, 11) is 0. The number of hydrogen-bond acceptors (Lipinski definition) is 4. The minimum Gasteiger partial charge on any atom is -0.340 e. The topological polar surface area (TPSA) is 30.9 Å². The van der Waals surface area contributed by atoms with E-state index in [4.69, 9.17) is 0 Å². The van der Waals surface area contributed by atoms with E-state index in [1.165, 1.54) is 5.96 Å². The van der Waals surface area contributed by atoms with E-state index in [2.05, 4.69) is 40.9 Å². The molecule has 15 heavy (non-hydrogen) atoms. The average molecular weight is 210 g/mol. The lowest BCUT2D eigenvalue weighted by atomic mass is 10.1. The van der Waals surface area contributed by atoms with Gasteiger partial charge in [-0.05, 0) is 20.8 Å². The SMILES string of the molecule is CC(C)(C)N1CCN=C1N1CCNCC1. The lowest BCUT2D eigenvalue weighted by Crippen LogP contribution is -2.55. The summed E-state index contributed by atoms with van der Waals surface area (Å²) in [4.78, 5) is 9.49. The van der Waals surface area contributed by atoms with Crippen LogP contribution in [0.4, 0.5) is 0 Å². The molecule has 4 heteroatoms. The fraction of sp³-hybridized carbons (Fsp3) is 0.909. The number of guanidine groups is 1. The second-order valence-electron chi connectivity index (χ2n) is 5.24. The van der Waals surface area contributed by atoms with E-state index >= 15 is 0 Å². The third-order valence-corrected chi connectivity index (χ3v) is 3.03. The molecule has 0 aliphatic carbocycles. The largest absolute Gasteiger partial charge is 0.340 e. The second kappa shape index (κ2) is 4.00. The molecule has 1 N–H and O–H groups in total. The molecule has 1 fully saturated rings. The van der Waals surface area contributed by atoms with Crippen LogP contribution in [0.25, 0.3) is 0 Å². The van der Waals surface area contributed by atoms with Gasteiger partial charge in [0.25, 0.3) is 0 Å². The quantitative estimate of drug-likeness (QED) is 0.626. The summed E-state index contributed by atoms with van der Waals surface area (Å²) in [6.45, 7) is 13.1. The number of hydrogen-bond donors (Lipinski definition) is 1. The van der Waals surface area contributed by atoms with Crippen LogP contribution in [-0.2, 0) is 0 Å². The summed E-state index contributed by atoms with van der Waals surface area (Å²) in [5.41, 5.74) is 0.195. The van der Waals surface area contributed by atoms with Gasteiger partial charge in [-0.2, -0.15) is 0 Å². The van der Waals surface area contributed by atoms with Gasteiger partial charge in [-0.15, -0.1) is 0 Å². The highest BCUT2D eigenvalue weighted by Gasteiger charge is 2.31. The Bertz CT molecular complexity index is 248. The van der Waals surface area contributed by atoms with Gasteiger partial charge in [0.1, 0.15) is 0 Å². The molecule has 0 amide bonds. The van der Waals surface area contributed by atoms with Crippen LogP contribution in [0, 0.1) is 0 Å². The van der Waals surface area contributed by atoms with Crippen LogP contribution in [0.2, 0.25) is 0 Å². The lowest BCUT2D eigenvalue weighted by Gasteiger charge is -2.40. The van der Waals surface area contributed by atoms with Crippen molar-refractivity contribution in [3.05, 3.63) is 0 Å². The van der Waals surface area contributed by atoms with Crippen LogP contribution >= 0.6 is 0 Å².